The van der Waals surface area contributed by atoms with Crippen molar-refractivity contribution in [1.82, 2.24) is 9.80 Å². The van der Waals surface area contributed by atoms with Crippen molar-refractivity contribution in [3.63, 3.8) is 0 Å². The summed E-state index contributed by atoms with van der Waals surface area (Å²) in [6.45, 7) is 6.01. The van der Waals surface area contributed by atoms with Gasteiger partial charge in [-0.2, -0.15) is 0 Å². The molecule has 0 spiro atoms. The lowest BCUT2D eigenvalue weighted by Crippen LogP contribution is -2.59. The first kappa shape index (κ1) is 24.8. The summed E-state index contributed by atoms with van der Waals surface area (Å²) in [5.41, 5.74) is 1.74. The quantitative estimate of drug-likeness (QED) is 0.367. The number of ketones is 1. The van der Waals surface area contributed by atoms with E-state index in [2.05, 4.69) is 28.0 Å². The van der Waals surface area contributed by atoms with E-state index in [1.807, 2.05) is 0 Å². The van der Waals surface area contributed by atoms with Gasteiger partial charge in [0.05, 0.1) is 0 Å². The Bertz CT molecular complexity index is 727. The second-order valence-corrected chi connectivity index (χ2v) is 12.2. The molecule has 4 heterocycles. The largest absolute Gasteiger partial charge is 0.299 e. The number of hydrogen-bond donors (Lipinski definition) is 0. The van der Waals surface area contributed by atoms with Gasteiger partial charge >= 0.3 is 0 Å². The van der Waals surface area contributed by atoms with Crippen LogP contribution >= 0.6 is 0 Å². The molecule has 190 valence electrons. The topological polar surface area (TPSA) is 23.6 Å². The summed E-state index contributed by atoms with van der Waals surface area (Å²) < 4.78 is 0. The molecule has 34 heavy (non-hydrogen) atoms. The molecule has 0 aromatic rings. The minimum atomic E-state index is 0.321. The van der Waals surface area contributed by atoms with Crippen LogP contribution in [0, 0.1) is 23.7 Å². The highest BCUT2D eigenvalue weighted by Gasteiger charge is 2.48. The zero-order valence-electron chi connectivity index (χ0n) is 21.8. The maximum absolute atomic E-state index is 13.3. The molecule has 0 amide bonds. The van der Waals surface area contributed by atoms with E-state index in [1.165, 1.54) is 116 Å². The number of piperidine rings is 2. The fourth-order valence-electron chi connectivity index (χ4n) is 8.28. The van der Waals surface area contributed by atoms with E-state index in [1.54, 1.807) is 5.57 Å². The molecule has 3 heteroatoms. The van der Waals surface area contributed by atoms with Crippen molar-refractivity contribution in [2.45, 2.75) is 109 Å². The number of hydrogen-bond acceptors (Lipinski definition) is 3. The van der Waals surface area contributed by atoms with Gasteiger partial charge < -0.3 is 0 Å². The summed E-state index contributed by atoms with van der Waals surface area (Å²) in [4.78, 5) is 18.9. The van der Waals surface area contributed by atoms with Crippen LogP contribution < -0.4 is 0 Å². The zero-order chi connectivity index (χ0) is 23.2. The molecular weight excluding hydrogens is 416 g/mol. The minimum absolute atomic E-state index is 0.321. The van der Waals surface area contributed by atoms with Crippen LogP contribution in [-0.4, -0.2) is 54.3 Å². The molecule has 2 fully saturated rings. The second kappa shape index (κ2) is 12.3. The van der Waals surface area contributed by atoms with Crippen molar-refractivity contribution >= 4 is 5.78 Å². The first-order valence-corrected chi connectivity index (χ1v) is 15.1. The number of fused-ring (bicyclic) bond motifs is 1. The summed E-state index contributed by atoms with van der Waals surface area (Å²) in [7, 11) is 0. The molecule has 2 saturated heterocycles. The third kappa shape index (κ3) is 6.06. The van der Waals surface area contributed by atoms with Crippen molar-refractivity contribution in [3.05, 3.63) is 23.8 Å². The summed E-state index contributed by atoms with van der Waals surface area (Å²) in [6.07, 6.45) is 28.2. The Morgan fingerprint density at radius 1 is 0.706 bits per heavy atom. The van der Waals surface area contributed by atoms with Crippen molar-refractivity contribution < 1.29 is 4.79 Å². The van der Waals surface area contributed by atoms with E-state index in [0.717, 1.165) is 31.2 Å². The summed E-state index contributed by atoms with van der Waals surface area (Å²) in [5, 5.41) is 0. The van der Waals surface area contributed by atoms with E-state index in [9.17, 15) is 4.79 Å². The number of rotatable bonds is 0. The molecule has 4 aliphatic heterocycles. The van der Waals surface area contributed by atoms with Gasteiger partial charge in [-0.05, 0) is 88.6 Å². The van der Waals surface area contributed by atoms with Gasteiger partial charge in [-0.15, -0.1) is 0 Å². The van der Waals surface area contributed by atoms with Crippen LogP contribution in [0.4, 0.5) is 0 Å². The minimum Gasteiger partial charge on any atom is -0.299 e. The Morgan fingerprint density at radius 2 is 1.50 bits per heavy atom. The maximum atomic E-state index is 13.3. The number of carbonyl (C=O) groups excluding carboxylic acids is 1. The fourth-order valence-corrected chi connectivity index (χ4v) is 8.28. The lowest BCUT2D eigenvalue weighted by Gasteiger charge is -2.53. The average Bonchev–Trinajstić information content (AvgIpc) is 2.85. The highest BCUT2D eigenvalue weighted by atomic mass is 16.1. The van der Waals surface area contributed by atoms with E-state index in [4.69, 9.17) is 0 Å². The molecule has 0 saturated carbocycles. The molecule has 5 rings (SSSR count). The van der Waals surface area contributed by atoms with Gasteiger partial charge in [0, 0.05) is 38.0 Å². The predicted octanol–water partition coefficient (Wildman–Crippen LogP) is 6.79. The van der Waals surface area contributed by atoms with Crippen molar-refractivity contribution in [2.75, 3.05) is 32.7 Å². The Labute approximate surface area is 209 Å². The normalized spacial score (nSPS) is 40.0. The summed E-state index contributed by atoms with van der Waals surface area (Å²) >= 11 is 0. The van der Waals surface area contributed by atoms with Gasteiger partial charge in [0.2, 0.25) is 0 Å². The van der Waals surface area contributed by atoms with Gasteiger partial charge in [-0.1, -0.05) is 62.3 Å². The van der Waals surface area contributed by atoms with Crippen LogP contribution in [0.3, 0.4) is 0 Å². The first-order valence-electron chi connectivity index (χ1n) is 15.1. The number of Topliss-reactive ketones (excluding diaryl/α,β-unsaturated/α-hetero) is 1. The van der Waals surface area contributed by atoms with Gasteiger partial charge in [0.15, 0.2) is 0 Å². The van der Waals surface area contributed by atoms with Crippen LogP contribution in [0.1, 0.15) is 103 Å². The van der Waals surface area contributed by atoms with Gasteiger partial charge in [-0.25, -0.2) is 0 Å². The van der Waals surface area contributed by atoms with Crippen molar-refractivity contribution in [2.24, 2.45) is 23.7 Å². The Hall–Kier alpha value is -0.930. The molecule has 0 radical (unpaired) electrons. The van der Waals surface area contributed by atoms with Crippen LogP contribution in [0.5, 0.6) is 0 Å². The van der Waals surface area contributed by atoms with Gasteiger partial charge in [0.1, 0.15) is 5.78 Å². The SMILES string of the molecule is O=C1CCN2CCC3C4C=C5CCCCCC[C@H]1[C@H]2[C@@H]3CCCCCC/C=C\CCCN(C5)C4. The number of carbonyl (C=O) groups is 1. The predicted molar refractivity (Wildman–Crippen MR) is 142 cm³/mol. The fraction of sp³-hybridized carbons (Fsp3) is 0.839. The Balaban J connectivity index is 1.45. The molecular formula is C31H50N2O. The molecule has 3 nitrogen and oxygen atoms in total. The van der Waals surface area contributed by atoms with Crippen molar-refractivity contribution in [3.8, 4) is 0 Å². The number of allylic oxidation sites excluding steroid dienone is 2. The summed E-state index contributed by atoms with van der Waals surface area (Å²) in [5.74, 6) is 3.14. The molecule has 6 bridgehead atoms. The summed E-state index contributed by atoms with van der Waals surface area (Å²) in [6, 6.07) is 0.537. The Kier molecular flexibility index (Phi) is 8.99. The third-order valence-electron chi connectivity index (χ3n) is 9.96. The molecule has 0 aromatic carbocycles. The molecule has 6 atom stereocenters. The standard InChI is InChI=1S/C31H50N2O/c34-30-18-21-33-20-17-27-26-22-25-14-10-7-8-12-16-29(30)31(33)28(27)15-11-6-4-2-1-3-5-9-13-19-32(23-25)24-26/h3,5,22,26-29,31H,1-2,4,6-21,23-24H2/b5-3-/t26?,27?,28-,29-,31-/m1/s1. The molecule has 5 aliphatic rings. The first-order chi connectivity index (χ1) is 16.8. The van der Waals surface area contributed by atoms with E-state index in [-0.39, 0.29) is 0 Å². The monoisotopic (exact) mass is 466 g/mol. The molecule has 0 N–H and O–H groups in total. The van der Waals surface area contributed by atoms with Crippen LogP contribution in [0.25, 0.3) is 0 Å². The number of nitrogens with zero attached hydrogens (tertiary/aromatic N) is 2. The highest BCUT2D eigenvalue weighted by Crippen LogP contribution is 2.45. The smallest absolute Gasteiger partial charge is 0.138 e. The lowest BCUT2D eigenvalue weighted by molar-refractivity contribution is -0.135. The van der Waals surface area contributed by atoms with E-state index < -0.39 is 0 Å². The molecule has 1 aliphatic carbocycles. The lowest BCUT2D eigenvalue weighted by atomic mass is 9.64. The average molecular weight is 467 g/mol. The second-order valence-electron chi connectivity index (χ2n) is 12.2. The van der Waals surface area contributed by atoms with Crippen LogP contribution in [0.15, 0.2) is 23.8 Å². The van der Waals surface area contributed by atoms with Crippen molar-refractivity contribution in [1.29, 1.82) is 0 Å². The maximum Gasteiger partial charge on any atom is 0.138 e. The van der Waals surface area contributed by atoms with Gasteiger partial charge in [0.25, 0.3) is 0 Å². The van der Waals surface area contributed by atoms with Crippen LogP contribution in [0.2, 0.25) is 0 Å². The third-order valence-corrected chi connectivity index (χ3v) is 9.96. The molecule has 0 aromatic heterocycles. The highest BCUT2D eigenvalue weighted by molar-refractivity contribution is 5.82. The Morgan fingerprint density at radius 3 is 2.41 bits per heavy atom. The van der Waals surface area contributed by atoms with E-state index in [0.29, 0.717) is 23.7 Å². The van der Waals surface area contributed by atoms with Gasteiger partial charge in [-0.3, -0.25) is 14.6 Å². The molecule has 3 unspecified atom stereocenters. The van der Waals surface area contributed by atoms with Crippen LogP contribution in [-0.2, 0) is 4.79 Å². The zero-order valence-corrected chi connectivity index (χ0v) is 21.8. The van der Waals surface area contributed by atoms with E-state index >= 15 is 0 Å².